The van der Waals surface area contributed by atoms with Crippen molar-refractivity contribution < 1.29 is 9.47 Å². The number of hydrogen-bond donors (Lipinski definition) is 0. The van der Waals surface area contributed by atoms with E-state index in [1.54, 1.807) is 0 Å². The van der Waals surface area contributed by atoms with Crippen LogP contribution in [0.1, 0.15) is 46.5 Å². The van der Waals surface area contributed by atoms with Crippen LogP contribution in [-0.2, 0) is 9.47 Å². The van der Waals surface area contributed by atoms with Crippen LogP contribution in [-0.4, -0.2) is 44.0 Å². The van der Waals surface area contributed by atoms with Gasteiger partial charge in [-0.15, -0.1) is 0 Å². The van der Waals surface area contributed by atoms with E-state index in [4.69, 9.17) is 9.47 Å². The molecule has 1 rings (SSSR count). The number of likely N-dealkylation sites (tertiary alicyclic amines) is 1. The first-order valence-corrected chi connectivity index (χ1v) is 7.25. The van der Waals surface area contributed by atoms with Gasteiger partial charge in [-0.1, -0.05) is 13.3 Å². The van der Waals surface area contributed by atoms with E-state index in [0.717, 1.165) is 32.1 Å². The molecule has 0 bridgehead atoms. The van der Waals surface area contributed by atoms with Gasteiger partial charge in [0.2, 0.25) is 0 Å². The van der Waals surface area contributed by atoms with Crippen molar-refractivity contribution in [3.05, 3.63) is 0 Å². The van der Waals surface area contributed by atoms with Crippen LogP contribution in [0.5, 0.6) is 0 Å². The Morgan fingerprint density at radius 3 is 2.12 bits per heavy atom. The van der Waals surface area contributed by atoms with E-state index >= 15 is 0 Å². The van der Waals surface area contributed by atoms with Crippen molar-refractivity contribution in [3.8, 4) is 0 Å². The summed E-state index contributed by atoms with van der Waals surface area (Å²) in [6.45, 7) is 11.5. The predicted octanol–water partition coefficient (Wildman–Crippen LogP) is 2.90. The largest absolute Gasteiger partial charge is 0.353 e. The fourth-order valence-corrected chi connectivity index (χ4v) is 2.49. The summed E-state index contributed by atoms with van der Waals surface area (Å²) in [7, 11) is 0. The Hall–Kier alpha value is -0.120. The molecular formula is C14H29NO2. The Morgan fingerprint density at radius 2 is 1.65 bits per heavy atom. The third-order valence-electron chi connectivity index (χ3n) is 3.67. The molecule has 3 nitrogen and oxygen atoms in total. The van der Waals surface area contributed by atoms with Gasteiger partial charge in [-0.3, -0.25) is 0 Å². The third kappa shape index (κ3) is 5.84. The predicted molar refractivity (Wildman–Crippen MR) is 71.1 cm³/mol. The molecule has 0 aromatic heterocycles. The van der Waals surface area contributed by atoms with E-state index in [1.807, 2.05) is 13.8 Å². The van der Waals surface area contributed by atoms with Gasteiger partial charge in [0.1, 0.15) is 0 Å². The van der Waals surface area contributed by atoms with Crippen LogP contribution >= 0.6 is 0 Å². The standard InChI is InChI=1S/C14H29NO2/c1-4-13-7-10-15(11-8-13)12-9-14(16-5-2)17-6-3/h13-14H,4-12H2,1-3H3. The minimum absolute atomic E-state index is 0.00565. The van der Waals surface area contributed by atoms with Gasteiger partial charge in [0, 0.05) is 26.2 Å². The average molecular weight is 243 g/mol. The summed E-state index contributed by atoms with van der Waals surface area (Å²) in [5.41, 5.74) is 0. The first kappa shape index (κ1) is 14.9. The highest BCUT2D eigenvalue weighted by atomic mass is 16.7. The van der Waals surface area contributed by atoms with Gasteiger partial charge in [-0.2, -0.15) is 0 Å². The van der Waals surface area contributed by atoms with Crippen LogP contribution in [0, 0.1) is 5.92 Å². The molecule has 0 N–H and O–H groups in total. The van der Waals surface area contributed by atoms with E-state index in [-0.39, 0.29) is 6.29 Å². The lowest BCUT2D eigenvalue weighted by atomic mass is 9.94. The van der Waals surface area contributed by atoms with Gasteiger partial charge in [0.15, 0.2) is 6.29 Å². The molecule has 0 spiro atoms. The Morgan fingerprint density at radius 1 is 1.06 bits per heavy atom. The summed E-state index contributed by atoms with van der Waals surface area (Å²) >= 11 is 0. The molecule has 1 aliphatic heterocycles. The molecule has 0 saturated carbocycles. The number of hydrogen-bond acceptors (Lipinski definition) is 3. The second-order valence-electron chi connectivity index (χ2n) is 4.82. The summed E-state index contributed by atoms with van der Waals surface area (Å²) in [6.07, 6.45) is 5.07. The molecule has 1 fully saturated rings. The zero-order valence-electron chi connectivity index (χ0n) is 11.8. The number of piperidine rings is 1. The lowest BCUT2D eigenvalue weighted by Gasteiger charge is -2.32. The highest BCUT2D eigenvalue weighted by Crippen LogP contribution is 2.20. The first-order valence-electron chi connectivity index (χ1n) is 7.25. The molecule has 102 valence electrons. The van der Waals surface area contributed by atoms with Gasteiger partial charge in [0.05, 0.1) is 0 Å². The molecule has 0 aromatic carbocycles. The van der Waals surface area contributed by atoms with E-state index in [0.29, 0.717) is 0 Å². The van der Waals surface area contributed by atoms with Crippen LogP contribution in [0.4, 0.5) is 0 Å². The van der Waals surface area contributed by atoms with Crippen LogP contribution < -0.4 is 0 Å². The minimum atomic E-state index is -0.00565. The van der Waals surface area contributed by atoms with E-state index in [1.165, 1.54) is 32.4 Å². The van der Waals surface area contributed by atoms with Crippen molar-refractivity contribution in [2.75, 3.05) is 32.8 Å². The van der Waals surface area contributed by atoms with Crippen LogP contribution in [0.2, 0.25) is 0 Å². The van der Waals surface area contributed by atoms with Gasteiger partial charge in [0.25, 0.3) is 0 Å². The Labute approximate surface area is 106 Å². The van der Waals surface area contributed by atoms with Crippen LogP contribution in [0.3, 0.4) is 0 Å². The smallest absolute Gasteiger partial charge is 0.158 e. The molecule has 1 saturated heterocycles. The molecule has 1 aliphatic rings. The molecule has 0 radical (unpaired) electrons. The number of nitrogens with zero attached hydrogens (tertiary/aromatic N) is 1. The van der Waals surface area contributed by atoms with Crippen molar-refractivity contribution in [3.63, 3.8) is 0 Å². The lowest BCUT2D eigenvalue weighted by molar-refractivity contribution is -0.142. The van der Waals surface area contributed by atoms with Crippen molar-refractivity contribution in [1.29, 1.82) is 0 Å². The zero-order valence-corrected chi connectivity index (χ0v) is 11.8. The SMILES string of the molecule is CCOC(CCN1CCC(CC)CC1)OCC. The molecule has 17 heavy (non-hydrogen) atoms. The molecule has 3 heteroatoms. The lowest BCUT2D eigenvalue weighted by Crippen LogP contribution is -2.36. The number of ether oxygens (including phenoxy) is 2. The molecule has 1 heterocycles. The van der Waals surface area contributed by atoms with E-state index < -0.39 is 0 Å². The third-order valence-corrected chi connectivity index (χ3v) is 3.67. The molecule has 0 aliphatic carbocycles. The van der Waals surface area contributed by atoms with Crippen molar-refractivity contribution >= 4 is 0 Å². The quantitative estimate of drug-likeness (QED) is 0.612. The van der Waals surface area contributed by atoms with Crippen molar-refractivity contribution in [2.24, 2.45) is 5.92 Å². The maximum atomic E-state index is 5.57. The molecular weight excluding hydrogens is 214 g/mol. The van der Waals surface area contributed by atoms with E-state index in [2.05, 4.69) is 11.8 Å². The molecule has 0 amide bonds. The Balaban J connectivity index is 2.16. The summed E-state index contributed by atoms with van der Waals surface area (Å²) < 4.78 is 11.1. The molecule has 0 atom stereocenters. The Bertz CT molecular complexity index is 173. The summed E-state index contributed by atoms with van der Waals surface area (Å²) in [5.74, 6) is 0.959. The van der Waals surface area contributed by atoms with Gasteiger partial charge in [-0.05, 0) is 45.7 Å². The normalized spacial score (nSPS) is 19.1. The summed E-state index contributed by atoms with van der Waals surface area (Å²) in [6, 6.07) is 0. The zero-order chi connectivity index (χ0) is 12.5. The fraction of sp³-hybridized carbons (Fsp3) is 1.00. The monoisotopic (exact) mass is 243 g/mol. The highest BCUT2D eigenvalue weighted by molar-refractivity contribution is 4.71. The summed E-state index contributed by atoms with van der Waals surface area (Å²) in [4.78, 5) is 2.55. The minimum Gasteiger partial charge on any atom is -0.353 e. The van der Waals surface area contributed by atoms with Crippen molar-refractivity contribution in [1.82, 2.24) is 4.90 Å². The average Bonchev–Trinajstić information content (AvgIpc) is 2.37. The number of rotatable bonds is 8. The first-order chi connectivity index (χ1) is 8.30. The molecule has 0 aromatic rings. The second-order valence-corrected chi connectivity index (χ2v) is 4.82. The topological polar surface area (TPSA) is 21.7 Å². The summed E-state index contributed by atoms with van der Waals surface area (Å²) in [5, 5.41) is 0. The second kappa shape index (κ2) is 8.90. The van der Waals surface area contributed by atoms with Gasteiger partial charge < -0.3 is 14.4 Å². The molecule has 0 unspecified atom stereocenters. The fourth-order valence-electron chi connectivity index (χ4n) is 2.49. The van der Waals surface area contributed by atoms with Gasteiger partial charge in [-0.25, -0.2) is 0 Å². The van der Waals surface area contributed by atoms with Crippen molar-refractivity contribution in [2.45, 2.75) is 52.7 Å². The maximum Gasteiger partial charge on any atom is 0.158 e. The maximum absolute atomic E-state index is 5.57. The Kier molecular flexibility index (Phi) is 7.82. The highest BCUT2D eigenvalue weighted by Gasteiger charge is 2.18. The van der Waals surface area contributed by atoms with Crippen LogP contribution in [0.25, 0.3) is 0 Å². The van der Waals surface area contributed by atoms with Gasteiger partial charge >= 0.3 is 0 Å². The van der Waals surface area contributed by atoms with Crippen LogP contribution in [0.15, 0.2) is 0 Å². The van der Waals surface area contributed by atoms with E-state index in [9.17, 15) is 0 Å².